The second-order valence-corrected chi connectivity index (χ2v) is 7.30. The lowest BCUT2D eigenvalue weighted by Crippen LogP contribution is -2.35. The maximum absolute atomic E-state index is 12.7. The van der Waals surface area contributed by atoms with E-state index in [4.69, 9.17) is 0 Å². The lowest BCUT2D eigenvalue weighted by Gasteiger charge is -2.26. The third-order valence-corrected chi connectivity index (χ3v) is 5.21. The van der Waals surface area contributed by atoms with E-state index < -0.39 is 0 Å². The number of amides is 2. The zero-order valence-corrected chi connectivity index (χ0v) is 16.8. The Bertz CT molecular complexity index is 841. The molecule has 1 heterocycles. The maximum atomic E-state index is 12.7. The minimum atomic E-state index is -0.100. The molecule has 5 nitrogen and oxygen atoms in total. The molecule has 0 aromatic heterocycles. The molecule has 0 aliphatic carbocycles. The van der Waals surface area contributed by atoms with Gasteiger partial charge < -0.3 is 15.5 Å². The van der Waals surface area contributed by atoms with Gasteiger partial charge in [-0.1, -0.05) is 31.2 Å². The molecule has 0 radical (unpaired) electrons. The molecule has 1 fully saturated rings. The van der Waals surface area contributed by atoms with Crippen LogP contribution >= 0.6 is 0 Å². The molecule has 0 unspecified atom stereocenters. The topological polar surface area (TPSA) is 61.4 Å². The highest BCUT2D eigenvalue weighted by Gasteiger charge is 2.18. The standard InChI is InChI=1S/C23H29N3O2/c1-3-18-10-7-9-17(2)22(18)25-21(27)16-24-20-12-8-11-19(15-20)23(28)26-13-5-4-6-14-26/h7-12,15,24H,3-6,13-14,16H2,1-2H3,(H,25,27). The number of hydrogen-bond acceptors (Lipinski definition) is 3. The van der Waals surface area contributed by atoms with E-state index in [2.05, 4.69) is 17.6 Å². The summed E-state index contributed by atoms with van der Waals surface area (Å²) in [5, 5.41) is 6.15. The van der Waals surface area contributed by atoms with E-state index in [-0.39, 0.29) is 18.4 Å². The Kier molecular flexibility index (Phi) is 6.69. The van der Waals surface area contributed by atoms with Gasteiger partial charge in [0.25, 0.3) is 5.91 Å². The predicted molar refractivity (Wildman–Crippen MR) is 114 cm³/mol. The third kappa shape index (κ3) is 4.91. The average Bonchev–Trinajstić information content (AvgIpc) is 2.74. The van der Waals surface area contributed by atoms with E-state index in [0.29, 0.717) is 5.56 Å². The quantitative estimate of drug-likeness (QED) is 0.789. The Morgan fingerprint density at radius 3 is 2.54 bits per heavy atom. The molecule has 1 aliphatic heterocycles. The van der Waals surface area contributed by atoms with Crippen molar-refractivity contribution in [3.8, 4) is 0 Å². The van der Waals surface area contributed by atoms with Crippen molar-refractivity contribution in [1.29, 1.82) is 0 Å². The molecule has 5 heteroatoms. The first kappa shape index (κ1) is 19.9. The smallest absolute Gasteiger partial charge is 0.253 e. The summed E-state index contributed by atoms with van der Waals surface area (Å²) in [5.74, 6) is -0.0305. The van der Waals surface area contributed by atoms with Crippen molar-refractivity contribution >= 4 is 23.2 Å². The van der Waals surface area contributed by atoms with E-state index in [1.165, 1.54) is 6.42 Å². The highest BCUT2D eigenvalue weighted by molar-refractivity contribution is 5.97. The number of benzene rings is 2. The van der Waals surface area contributed by atoms with Crippen LogP contribution in [-0.2, 0) is 11.2 Å². The summed E-state index contributed by atoms with van der Waals surface area (Å²) < 4.78 is 0. The zero-order valence-electron chi connectivity index (χ0n) is 16.8. The fraction of sp³-hybridized carbons (Fsp3) is 0.391. The molecule has 0 bridgehead atoms. The third-order valence-electron chi connectivity index (χ3n) is 5.21. The number of rotatable bonds is 6. The summed E-state index contributed by atoms with van der Waals surface area (Å²) in [7, 11) is 0. The molecule has 2 amide bonds. The molecule has 2 N–H and O–H groups in total. The van der Waals surface area contributed by atoms with Crippen molar-refractivity contribution in [3.05, 3.63) is 59.2 Å². The summed E-state index contributed by atoms with van der Waals surface area (Å²) in [6.07, 6.45) is 4.21. The first-order valence-electron chi connectivity index (χ1n) is 10.1. The van der Waals surface area contributed by atoms with Crippen LogP contribution in [0.2, 0.25) is 0 Å². The van der Waals surface area contributed by atoms with Crippen LogP contribution in [0.25, 0.3) is 0 Å². The molecule has 3 rings (SSSR count). The molecule has 0 saturated carbocycles. The molecular formula is C23H29N3O2. The molecule has 0 spiro atoms. The van der Waals surface area contributed by atoms with Crippen molar-refractivity contribution in [2.24, 2.45) is 0 Å². The van der Waals surface area contributed by atoms with Gasteiger partial charge in [-0.3, -0.25) is 9.59 Å². The number of carbonyl (C=O) groups excluding carboxylic acids is 2. The van der Waals surface area contributed by atoms with Crippen LogP contribution in [0.1, 0.15) is 47.7 Å². The summed E-state index contributed by atoms with van der Waals surface area (Å²) in [6, 6.07) is 13.4. The molecular weight excluding hydrogens is 350 g/mol. The Balaban J connectivity index is 1.60. The van der Waals surface area contributed by atoms with Crippen LogP contribution in [0.4, 0.5) is 11.4 Å². The zero-order chi connectivity index (χ0) is 19.9. The van der Waals surface area contributed by atoms with Crippen LogP contribution < -0.4 is 10.6 Å². The van der Waals surface area contributed by atoms with E-state index in [1.54, 1.807) is 0 Å². The van der Waals surface area contributed by atoms with Crippen molar-refractivity contribution < 1.29 is 9.59 Å². The number of para-hydroxylation sites is 1. The number of likely N-dealkylation sites (tertiary alicyclic amines) is 1. The monoisotopic (exact) mass is 379 g/mol. The molecule has 28 heavy (non-hydrogen) atoms. The minimum absolute atomic E-state index is 0.0697. The summed E-state index contributed by atoms with van der Waals surface area (Å²) in [6.45, 7) is 5.88. The number of nitrogens with one attached hydrogen (secondary N) is 2. The number of piperidine rings is 1. The van der Waals surface area contributed by atoms with Gasteiger partial charge in [0, 0.05) is 30.0 Å². The number of hydrogen-bond donors (Lipinski definition) is 2. The first-order valence-corrected chi connectivity index (χ1v) is 10.1. The molecule has 1 saturated heterocycles. The fourth-order valence-corrected chi connectivity index (χ4v) is 3.61. The molecule has 0 atom stereocenters. The fourth-order valence-electron chi connectivity index (χ4n) is 3.61. The van der Waals surface area contributed by atoms with Crippen molar-refractivity contribution in [2.75, 3.05) is 30.3 Å². The minimum Gasteiger partial charge on any atom is -0.376 e. The lowest BCUT2D eigenvalue weighted by atomic mass is 10.1. The van der Waals surface area contributed by atoms with Gasteiger partial charge in [0.2, 0.25) is 5.91 Å². The molecule has 1 aliphatic rings. The van der Waals surface area contributed by atoms with Crippen LogP contribution in [0.3, 0.4) is 0 Å². The van der Waals surface area contributed by atoms with Crippen LogP contribution in [0.5, 0.6) is 0 Å². The molecule has 148 valence electrons. The van der Waals surface area contributed by atoms with Gasteiger partial charge >= 0.3 is 0 Å². The highest BCUT2D eigenvalue weighted by Crippen LogP contribution is 2.21. The second kappa shape index (κ2) is 9.40. The van der Waals surface area contributed by atoms with E-state index in [0.717, 1.165) is 54.9 Å². The average molecular weight is 380 g/mol. The lowest BCUT2D eigenvalue weighted by molar-refractivity contribution is -0.114. The van der Waals surface area contributed by atoms with E-state index in [1.807, 2.05) is 54.3 Å². The van der Waals surface area contributed by atoms with Gasteiger partial charge in [0.05, 0.1) is 6.54 Å². The van der Waals surface area contributed by atoms with Crippen molar-refractivity contribution in [3.63, 3.8) is 0 Å². The van der Waals surface area contributed by atoms with E-state index >= 15 is 0 Å². The molecule has 2 aromatic carbocycles. The van der Waals surface area contributed by atoms with Gasteiger partial charge in [-0.25, -0.2) is 0 Å². The first-order chi connectivity index (χ1) is 13.6. The Morgan fingerprint density at radius 1 is 1.04 bits per heavy atom. The molecule has 2 aromatic rings. The second-order valence-electron chi connectivity index (χ2n) is 7.30. The van der Waals surface area contributed by atoms with Crippen LogP contribution in [-0.4, -0.2) is 36.3 Å². The van der Waals surface area contributed by atoms with Gasteiger partial charge in [-0.2, -0.15) is 0 Å². The van der Waals surface area contributed by atoms with Gasteiger partial charge in [0.1, 0.15) is 0 Å². The summed E-state index contributed by atoms with van der Waals surface area (Å²) in [5.41, 5.74) is 4.52. The van der Waals surface area contributed by atoms with Crippen molar-refractivity contribution in [2.45, 2.75) is 39.5 Å². The van der Waals surface area contributed by atoms with Gasteiger partial charge in [-0.15, -0.1) is 0 Å². The highest BCUT2D eigenvalue weighted by atomic mass is 16.2. The summed E-state index contributed by atoms with van der Waals surface area (Å²) >= 11 is 0. The number of aryl methyl sites for hydroxylation is 2. The number of anilines is 2. The van der Waals surface area contributed by atoms with E-state index in [9.17, 15) is 9.59 Å². The largest absolute Gasteiger partial charge is 0.376 e. The number of nitrogens with zero attached hydrogens (tertiary/aromatic N) is 1. The van der Waals surface area contributed by atoms with Crippen LogP contribution in [0.15, 0.2) is 42.5 Å². The Labute approximate surface area is 167 Å². The number of carbonyl (C=O) groups is 2. The normalized spacial score (nSPS) is 13.9. The van der Waals surface area contributed by atoms with Crippen molar-refractivity contribution in [1.82, 2.24) is 4.90 Å². The summed E-state index contributed by atoms with van der Waals surface area (Å²) in [4.78, 5) is 27.0. The van der Waals surface area contributed by atoms with Gasteiger partial charge in [-0.05, 0) is 61.9 Å². The predicted octanol–water partition coefficient (Wildman–Crippen LogP) is 4.23. The maximum Gasteiger partial charge on any atom is 0.253 e. The Hall–Kier alpha value is -2.82. The Morgan fingerprint density at radius 2 is 1.79 bits per heavy atom. The SMILES string of the molecule is CCc1cccc(C)c1NC(=O)CNc1cccc(C(=O)N2CCCCC2)c1. The van der Waals surface area contributed by atoms with Gasteiger partial charge in [0.15, 0.2) is 0 Å². The van der Waals surface area contributed by atoms with Crippen LogP contribution in [0, 0.1) is 6.92 Å².